The van der Waals surface area contributed by atoms with Crippen LogP contribution in [-0.2, 0) is 12.8 Å². The molecule has 0 radical (unpaired) electrons. The fourth-order valence-corrected chi connectivity index (χ4v) is 4.57. The molecule has 0 spiro atoms. The summed E-state index contributed by atoms with van der Waals surface area (Å²) in [5, 5.41) is 41.4. The van der Waals surface area contributed by atoms with Gasteiger partial charge in [-0.05, 0) is 80.6 Å². The van der Waals surface area contributed by atoms with E-state index in [-0.39, 0.29) is 24.7 Å². The highest BCUT2D eigenvalue weighted by atomic mass is 16.5. The fourth-order valence-electron chi connectivity index (χ4n) is 4.57. The molecule has 0 saturated heterocycles. The van der Waals surface area contributed by atoms with Crippen molar-refractivity contribution in [2.24, 2.45) is 5.92 Å². The van der Waals surface area contributed by atoms with E-state index in [1.54, 1.807) is 27.7 Å². The minimum atomic E-state index is -0.949. The molecule has 0 saturated carbocycles. The molecule has 2 aliphatic rings. The summed E-state index contributed by atoms with van der Waals surface area (Å²) in [6, 6.07) is 11.5. The van der Waals surface area contributed by atoms with Crippen molar-refractivity contribution in [3.63, 3.8) is 0 Å². The van der Waals surface area contributed by atoms with Crippen molar-refractivity contribution in [2.45, 2.75) is 76.5 Å². The number of benzene rings is 2. The van der Waals surface area contributed by atoms with Gasteiger partial charge in [-0.25, -0.2) is 0 Å². The topological polar surface area (TPSA) is 99.4 Å². The molecule has 0 aliphatic carbocycles. The molecule has 34 heavy (non-hydrogen) atoms. The Morgan fingerprint density at radius 1 is 0.912 bits per heavy atom. The van der Waals surface area contributed by atoms with E-state index in [4.69, 9.17) is 9.47 Å². The lowest BCUT2D eigenvalue weighted by molar-refractivity contribution is -0.0231. The Kier molecular flexibility index (Phi) is 6.80. The van der Waals surface area contributed by atoms with E-state index in [1.807, 2.05) is 42.5 Å². The van der Waals surface area contributed by atoms with E-state index in [0.29, 0.717) is 19.3 Å². The summed E-state index contributed by atoms with van der Waals surface area (Å²) >= 11 is 0. The van der Waals surface area contributed by atoms with Crippen LogP contribution in [0, 0.1) is 5.92 Å². The first-order chi connectivity index (χ1) is 16.0. The van der Waals surface area contributed by atoms with Gasteiger partial charge in [0, 0.05) is 25.4 Å². The molecule has 4 N–H and O–H groups in total. The number of hydrogen-bond donors (Lipinski definition) is 4. The average Bonchev–Trinajstić information content (AvgIpc) is 3.39. The second kappa shape index (κ2) is 9.34. The standard InChI is InChI=1S/C28H36O6/c1-27(2,31)24-14-20-12-17(8-10-22(20)33-24)6-5-7-19(16-29)26(30)18-9-11-23-21(13-18)15-25(34-23)28(3,4)32/h5-6,8-13,19,24-26,29-32H,7,14-16H2,1-4H3/b6-5+/t19-,24+,25+,26+/m1/s1. The molecule has 4 rings (SSSR count). The van der Waals surface area contributed by atoms with Crippen LogP contribution < -0.4 is 9.47 Å². The van der Waals surface area contributed by atoms with Gasteiger partial charge < -0.3 is 29.9 Å². The van der Waals surface area contributed by atoms with Crippen LogP contribution in [0.2, 0.25) is 0 Å². The summed E-state index contributed by atoms with van der Waals surface area (Å²) in [4.78, 5) is 0. The first-order valence-corrected chi connectivity index (χ1v) is 11.9. The molecule has 2 aliphatic heterocycles. The van der Waals surface area contributed by atoms with Gasteiger partial charge in [0.1, 0.15) is 23.7 Å². The van der Waals surface area contributed by atoms with Crippen molar-refractivity contribution in [2.75, 3.05) is 6.61 Å². The zero-order valence-corrected chi connectivity index (χ0v) is 20.4. The van der Waals surface area contributed by atoms with E-state index in [0.717, 1.165) is 33.8 Å². The summed E-state index contributed by atoms with van der Waals surface area (Å²) in [7, 11) is 0. The lowest BCUT2D eigenvalue weighted by Crippen LogP contribution is -2.39. The Morgan fingerprint density at radius 2 is 1.47 bits per heavy atom. The Bertz CT molecular complexity index is 1050. The van der Waals surface area contributed by atoms with Crippen molar-refractivity contribution in [1.29, 1.82) is 0 Å². The first kappa shape index (κ1) is 24.7. The van der Waals surface area contributed by atoms with Gasteiger partial charge in [0.2, 0.25) is 0 Å². The van der Waals surface area contributed by atoms with Gasteiger partial charge in [0.15, 0.2) is 0 Å². The van der Waals surface area contributed by atoms with Gasteiger partial charge in [-0.1, -0.05) is 24.3 Å². The van der Waals surface area contributed by atoms with Gasteiger partial charge in [-0.2, -0.15) is 0 Å². The summed E-state index contributed by atoms with van der Waals surface area (Å²) in [6.07, 6.45) is 4.32. The predicted molar refractivity (Wildman–Crippen MR) is 131 cm³/mol. The SMILES string of the molecule is CC(C)(O)[C@@H]1Cc2cc(/C=C/C[C@H](CO)[C@@H](O)c3ccc4c(c3)C[C@@H](C(C)(C)O)O4)ccc2O1. The number of allylic oxidation sites excluding steroid dienone is 1. The fraction of sp³-hybridized carbons (Fsp3) is 0.500. The van der Waals surface area contributed by atoms with Gasteiger partial charge in [-0.3, -0.25) is 0 Å². The molecule has 0 fully saturated rings. The molecule has 2 aromatic rings. The van der Waals surface area contributed by atoms with Crippen molar-refractivity contribution >= 4 is 6.08 Å². The molecule has 6 nitrogen and oxygen atoms in total. The van der Waals surface area contributed by atoms with E-state index in [1.165, 1.54) is 0 Å². The van der Waals surface area contributed by atoms with Gasteiger partial charge in [0.05, 0.1) is 17.3 Å². The highest BCUT2D eigenvalue weighted by molar-refractivity contribution is 5.54. The van der Waals surface area contributed by atoms with Crippen LogP contribution in [0.1, 0.15) is 62.5 Å². The number of hydrogen-bond acceptors (Lipinski definition) is 6. The third-order valence-electron chi connectivity index (χ3n) is 6.87. The zero-order valence-electron chi connectivity index (χ0n) is 20.4. The molecule has 184 valence electrons. The molecule has 2 heterocycles. The number of fused-ring (bicyclic) bond motifs is 2. The van der Waals surface area contributed by atoms with Crippen LogP contribution in [0.5, 0.6) is 11.5 Å². The number of aliphatic hydroxyl groups is 4. The quantitative estimate of drug-likeness (QED) is 0.473. The molecule has 0 amide bonds. The molecule has 0 aromatic heterocycles. The summed E-state index contributed by atoms with van der Waals surface area (Å²) in [6.45, 7) is 6.83. The van der Waals surface area contributed by atoms with Crippen LogP contribution in [-0.4, -0.2) is 50.4 Å². The second-order valence-electron chi connectivity index (χ2n) is 10.7. The Morgan fingerprint density at radius 3 is 2.03 bits per heavy atom. The minimum Gasteiger partial charge on any atom is -0.487 e. The maximum Gasteiger partial charge on any atom is 0.131 e. The third-order valence-corrected chi connectivity index (χ3v) is 6.87. The lowest BCUT2D eigenvalue weighted by atomic mass is 9.91. The van der Waals surface area contributed by atoms with Crippen molar-refractivity contribution in [1.82, 2.24) is 0 Å². The summed E-state index contributed by atoms with van der Waals surface area (Å²) < 4.78 is 11.7. The maximum absolute atomic E-state index is 10.9. The molecule has 6 heteroatoms. The lowest BCUT2D eigenvalue weighted by Gasteiger charge is -2.24. The number of rotatable bonds is 8. The van der Waals surface area contributed by atoms with Crippen molar-refractivity contribution in [3.05, 3.63) is 64.7 Å². The van der Waals surface area contributed by atoms with E-state index in [9.17, 15) is 20.4 Å². The largest absolute Gasteiger partial charge is 0.487 e. The number of aliphatic hydroxyl groups excluding tert-OH is 2. The summed E-state index contributed by atoms with van der Waals surface area (Å²) in [5.74, 6) is 1.19. The van der Waals surface area contributed by atoms with E-state index in [2.05, 4.69) is 6.07 Å². The molecule has 2 aromatic carbocycles. The van der Waals surface area contributed by atoms with Crippen molar-refractivity contribution < 1.29 is 29.9 Å². The van der Waals surface area contributed by atoms with Crippen LogP contribution in [0.15, 0.2) is 42.5 Å². The predicted octanol–water partition coefficient (Wildman–Crippen LogP) is 3.58. The van der Waals surface area contributed by atoms with Crippen LogP contribution in [0.3, 0.4) is 0 Å². The average molecular weight is 469 g/mol. The first-order valence-electron chi connectivity index (χ1n) is 11.9. The minimum absolute atomic E-state index is 0.142. The zero-order chi connectivity index (χ0) is 24.7. The molecule has 4 atom stereocenters. The molecule has 0 bridgehead atoms. The van der Waals surface area contributed by atoms with E-state index >= 15 is 0 Å². The van der Waals surface area contributed by atoms with Crippen LogP contribution >= 0.6 is 0 Å². The van der Waals surface area contributed by atoms with Crippen molar-refractivity contribution in [3.8, 4) is 11.5 Å². The third kappa shape index (κ3) is 5.31. The highest BCUT2D eigenvalue weighted by Crippen LogP contribution is 2.37. The smallest absolute Gasteiger partial charge is 0.131 e. The molecule has 0 unspecified atom stereocenters. The van der Waals surface area contributed by atoms with Crippen LogP contribution in [0.4, 0.5) is 0 Å². The Balaban J connectivity index is 1.39. The second-order valence-corrected chi connectivity index (χ2v) is 10.7. The monoisotopic (exact) mass is 468 g/mol. The normalized spacial score (nSPS) is 21.6. The maximum atomic E-state index is 10.9. The Hall–Kier alpha value is -2.38. The van der Waals surface area contributed by atoms with Gasteiger partial charge >= 0.3 is 0 Å². The van der Waals surface area contributed by atoms with Crippen LogP contribution in [0.25, 0.3) is 6.08 Å². The molecular formula is C28H36O6. The summed E-state index contributed by atoms with van der Waals surface area (Å²) in [5.41, 5.74) is 1.92. The Labute approximate surface area is 201 Å². The highest BCUT2D eigenvalue weighted by Gasteiger charge is 2.36. The van der Waals surface area contributed by atoms with E-state index < -0.39 is 17.3 Å². The van der Waals surface area contributed by atoms with Gasteiger partial charge in [0.25, 0.3) is 0 Å². The number of ether oxygens (including phenoxy) is 2. The molecular weight excluding hydrogens is 432 g/mol. The van der Waals surface area contributed by atoms with Gasteiger partial charge in [-0.15, -0.1) is 0 Å².